The third-order valence-corrected chi connectivity index (χ3v) is 3.53. The molecular weight excluding hydrogens is 292 g/mol. The van der Waals surface area contributed by atoms with Gasteiger partial charge in [-0.2, -0.15) is 0 Å². The Kier molecular flexibility index (Phi) is 4.34. The number of carbonyl (C=O) groups excluding carboxylic acids is 2. The van der Waals surface area contributed by atoms with E-state index in [0.29, 0.717) is 5.69 Å². The van der Waals surface area contributed by atoms with Crippen molar-refractivity contribution in [3.63, 3.8) is 0 Å². The maximum absolute atomic E-state index is 11.7. The molecule has 21 heavy (non-hydrogen) atoms. The first-order valence-electron chi connectivity index (χ1n) is 5.97. The fourth-order valence-electron chi connectivity index (χ4n) is 1.58. The predicted molar refractivity (Wildman–Crippen MR) is 79.7 cm³/mol. The van der Waals surface area contributed by atoms with Crippen LogP contribution in [-0.2, 0) is 9.59 Å². The molecule has 0 spiro atoms. The van der Waals surface area contributed by atoms with Crippen molar-refractivity contribution in [1.29, 1.82) is 0 Å². The van der Waals surface area contributed by atoms with Crippen LogP contribution in [0.15, 0.2) is 35.7 Å². The first-order valence-corrected chi connectivity index (χ1v) is 6.85. The van der Waals surface area contributed by atoms with Gasteiger partial charge in [0.15, 0.2) is 0 Å². The van der Waals surface area contributed by atoms with Gasteiger partial charge in [0.1, 0.15) is 4.88 Å². The van der Waals surface area contributed by atoms with E-state index in [1.165, 1.54) is 11.4 Å². The summed E-state index contributed by atoms with van der Waals surface area (Å²) in [5.74, 6) is -2.93. The zero-order chi connectivity index (χ0) is 15.4. The zero-order valence-electron chi connectivity index (χ0n) is 11.0. The molecule has 1 aromatic heterocycles. The molecule has 0 saturated heterocycles. The molecule has 0 unspecified atom stereocenters. The number of carbonyl (C=O) groups is 3. The number of benzene rings is 1. The average Bonchev–Trinajstić information content (AvgIpc) is 2.89. The number of hydrogen-bond acceptors (Lipinski definition) is 4. The molecular formula is C14H12N2O4S. The van der Waals surface area contributed by atoms with E-state index in [2.05, 4.69) is 10.6 Å². The molecule has 0 aliphatic rings. The lowest BCUT2D eigenvalue weighted by atomic mass is 10.2. The zero-order valence-corrected chi connectivity index (χ0v) is 11.9. The lowest BCUT2D eigenvalue weighted by Crippen LogP contribution is -2.29. The second-order valence-electron chi connectivity index (χ2n) is 4.24. The van der Waals surface area contributed by atoms with E-state index in [0.717, 1.165) is 16.9 Å². The Morgan fingerprint density at radius 3 is 2.24 bits per heavy atom. The molecule has 0 fully saturated rings. The number of thiophene rings is 1. The number of anilines is 2. The van der Waals surface area contributed by atoms with Gasteiger partial charge in [-0.25, -0.2) is 4.79 Å². The van der Waals surface area contributed by atoms with Gasteiger partial charge in [-0.15, -0.1) is 11.3 Å². The summed E-state index contributed by atoms with van der Waals surface area (Å²) in [4.78, 5) is 34.4. The van der Waals surface area contributed by atoms with E-state index in [1.807, 2.05) is 6.92 Å². The van der Waals surface area contributed by atoms with Crippen molar-refractivity contribution in [1.82, 2.24) is 0 Å². The minimum absolute atomic E-state index is 0.0218. The third-order valence-electron chi connectivity index (χ3n) is 2.62. The van der Waals surface area contributed by atoms with E-state index in [9.17, 15) is 14.4 Å². The number of carboxylic acids is 1. The predicted octanol–water partition coefficient (Wildman–Crippen LogP) is 2.33. The quantitative estimate of drug-likeness (QED) is 0.758. The highest BCUT2D eigenvalue weighted by molar-refractivity contribution is 7.12. The van der Waals surface area contributed by atoms with Gasteiger partial charge >= 0.3 is 17.8 Å². The Labute approximate surface area is 124 Å². The van der Waals surface area contributed by atoms with Crippen LogP contribution >= 0.6 is 11.3 Å². The molecule has 0 aliphatic carbocycles. The minimum atomic E-state index is -1.15. The number of carboxylic acid groups (broad SMARTS) is 1. The lowest BCUT2D eigenvalue weighted by molar-refractivity contribution is -0.132. The second-order valence-corrected chi connectivity index (χ2v) is 5.16. The fourth-order valence-corrected chi connectivity index (χ4v) is 2.26. The maximum Gasteiger partial charge on any atom is 0.348 e. The molecule has 0 atom stereocenters. The van der Waals surface area contributed by atoms with Gasteiger partial charge in [0, 0.05) is 5.69 Å². The monoisotopic (exact) mass is 304 g/mol. The number of aryl methyl sites for hydroxylation is 1. The largest absolute Gasteiger partial charge is 0.477 e. The number of nitrogens with one attached hydrogen (secondary N) is 2. The Bertz CT molecular complexity index is 691. The van der Waals surface area contributed by atoms with E-state index < -0.39 is 17.8 Å². The summed E-state index contributed by atoms with van der Waals surface area (Å²) < 4.78 is 0. The van der Waals surface area contributed by atoms with Crippen LogP contribution in [-0.4, -0.2) is 22.9 Å². The molecule has 2 amide bonds. The third kappa shape index (κ3) is 3.67. The van der Waals surface area contributed by atoms with E-state index in [1.54, 1.807) is 24.3 Å². The van der Waals surface area contributed by atoms with Crippen molar-refractivity contribution < 1.29 is 19.5 Å². The van der Waals surface area contributed by atoms with Crippen LogP contribution < -0.4 is 10.6 Å². The summed E-state index contributed by atoms with van der Waals surface area (Å²) in [5, 5.41) is 15.2. The van der Waals surface area contributed by atoms with Gasteiger partial charge < -0.3 is 15.7 Å². The Hall–Kier alpha value is -2.67. The van der Waals surface area contributed by atoms with Crippen LogP contribution in [0.25, 0.3) is 0 Å². The van der Waals surface area contributed by atoms with Gasteiger partial charge in [-0.3, -0.25) is 9.59 Å². The average molecular weight is 304 g/mol. The fraction of sp³-hybridized carbons (Fsp3) is 0.0714. The Balaban J connectivity index is 2.03. The van der Waals surface area contributed by atoms with E-state index in [4.69, 9.17) is 5.11 Å². The Morgan fingerprint density at radius 1 is 1.00 bits per heavy atom. The van der Waals surface area contributed by atoms with Crippen molar-refractivity contribution in [2.24, 2.45) is 0 Å². The molecule has 2 rings (SSSR count). The molecule has 1 aromatic carbocycles. The topological polar surface area (TPSA) is 95.5 Å². The number of aromatic carboxylic acids is 1. The summed E-state index contributed by atoms with van der Waals surface area (Å²) >= 11 is 0.971. The first-order chi connectivity index (χ1) is 9.97. The maximum atomic E-state index is 11.7. The molecule has 7 heteroatoms. The lowest BCUT2D eigenvalue weighted by Gasteiger charge is -2.06. The normalized spacial score (nSPS) is 9.95. The molecule has 0 radical (unpaired) electrons. The van der Waals surface area contributed by atoms with Crippen molar-refractivity contribution >= 4 is 40.5 Å². The highest BCUT2D eigenvalue weighted by atomic mass is 32.1. The standard InChI is InChI=1S/C14H12N2O4S/c1-8-2-4-9(5-3-8)15-12(17)13(18)16-10-6-7-21-11(10)14(19)20/h2-7H,1H3,(H,15,17)(H,16,18)(H,19,20). The molecule has 2 aromatic rings. The summed E-state index contributed by atoms with van der Waals surface area (Å²) in [7, 11) is 0. The van der Waals surface area contributed by atoms with Crippen molar-refractivity contribution in [2.45, 2.75) is 6.92 Å². The van der Waals surface area contributed by atoms with Crippen LogP contribution in [0, 0.1) is 6.92 Å². The molecule has 6 nitrogen and oxygen atoms in total. The number of amides is 2. The van der Waals surface area contributed by atoms with Gasteiger partial charge in [0.2, 0.25) is 0 Å². The van der Waals surface area contributed by atoms with Gasteiger partial charge in [0.05, 0.1) is 5.69 Å². The summed E-state index contributed by atoms with van der Waals surface area (Å²) in [6, 6.07) is 8.39. The Morgan fingerprint density at radius 2 is 1.62 bits per heavy atom. The van der Waals surface area contributed by atoms with E-state index in [-0.39, 0.29) is 10.6 Å². The highest BCUT2D eigenvalue weighted by Gasteiger charge is 2.18. The van der Waals surface area contributed by atoms with Crippen LogP contribution in [0.4, 0.5) is 11.4 Å². The van der Waals surface area contributed by atoms with Crippen LogP contribution in [0.1, 0.15) is 15.2 Å². The van der Waals surface area contributed by atoms with Crippen molar-refractivity contribution in [2.75, 3.05) is 10.6 Å². The number of rotatable bonds is 3. The van der Waals surface area contributed by atoms with Gasteiger partial charge in [-0.1, -0.05) is 17.7 Å². The summed E-state index contributed by atoms with van der Waals surface area (Å²) in [6.07, 6.45) is 0. The molecule has 0 aliphatic heterocycles. The molecule has 3 N–H and O–H groups in total. The highest BCUT2D eigenvalue weighted by Crippen LogP contribution is 2.22. The SMILES string of the molecule is Cc1ccc(NC(=O)C(=O)Nc2ccsc2C(=O)O)cc1. The van der Waals surface area contributed by atoms with Gasteiger partial charge in [0.25, 0.3) is 0 Å². The van der Waals surface area contributed by atoms with E-state index >= 15 is 0 Å². The molecule has 0 saturated carbocycles. The summed E-state index contributed by atoms with van der Waals surface area (Å²) in [5.41, 5.74) is 1.63. The second kappa shape index (κ2) is 6.19. The molecule has 0 bridgehead atoms. The van der Waals surface area contributed by atoms with Crippen LogP contribution in [0.2, 0.25) is 0 Å². The number of hydrogen-bond donors (Lipinski definition) is 3. The smallest absolute Gasteiger partial charge is 0.348 e. The van der Waals surface area contributed by atoms with Gasteiger partial charge in [-0.05, 0) is 30.5 Å². The van der Waals surface area contributed by atoms with Crippen LogP contribution in [0.3, 0.4) is 0 Å². The minimum Gasteiger partial charge on any atom is -0.477 e. The van der Waals surface area contributed by atoms with Crippen LogP contribution in [0.5, 0.6) is 0 Å². The first kappa shape index (κ1) is 14.7. The molecule has 1 heterocycles. The summed E-state index contributed by atoms with van der Waals surface area (Å²) in [6.45, 7) is 1.91. The molecule has 108 valence electrons. The van der Waals surface area contributed by atoms with Crippen molar-refractivity contribution in [3.8, 4) is 0 Å². The van der Waals surface area contributed by atoms with Crippen molar-refractivity contribution in [3.05, 3.63) is 46.2 Å².